The third kappa shape index (κ3) is 5.84. The lowest BCUT2D eigenvalue weighted by atomic mass is 10.2. The molecule has 0 saturated heterocycles. The molecule has 0 spiro atoms. The smallest absolute Gasteiger partial charge is 0.240 e. The summed E-state index contributed by atoms with van der Waals surface area (Å²) in [5, 5.41) is 0. The first kappa shape index (κ1) is 19.4. The first-order valence-corrected chi connectivity index (χ1v) is 8.54. The van der Waals surface area contributed by atoms with Gasteiger partial charge in [-0.3, -0.25) is 0 Å². The second kappa shape index (κ2) is 8.88. The Hall–Kier alpha value is -1.60. The van der Waals surface area contributed by atoms with Crippen molar-refractivity contribution < 1.29 is 13.2 Å². The zero-order valence-electron chi connectivity index (χ0n) is 12.9. The SMILES string of the molecule is Cc1cccc(Oc2ccc(S(=O)(=O)NCCCN)cc2)c1.Cl. The van der Waals surface area contributed by atoms with Crippen LogP contribution in [0, 0.1) is 6.92 Å². The lowest BCUT2D eigenvalue weighted by Gasteiger charge is -2.09. The van der Waals surface area contributed by atoms with Crippen LogP contribution < -0.4 is 15.2 Å². The molecule has 126 valence electrons. The van der Waals surface area contributed by atoms with Crippen LogP contribution in [-0.2, 0) is 10.0 Å². The van der Waals surface area contributed by atoms with E-state index in [9.17, 15) is 8.42 Å². The molecule has 3 N–H and O–H groups in total. The first-order chi connectivity index (χ1) is 10.5. The van der Waals surface area contributed by atoms with E-state index in [4.69, 9.17) is 10.5 Å². The summed E-state index contributed by atoms with van der Waals surface area (Å²) < 4.78 is 32.3. The van der Waals surface area contributed by atoms with E-state index in [1.807, 2.05) is 31.2 Å². The van der Waals surface area contributed by atoms with Gasteiger partial charge in [-0.2, -0.15) is 0 Å². The van der Waals surface area contributed by atoms with E-state index in [0.29, 0.717) is 25.3 Å². The standard InChI is InChI=1S/C16H20N2O3S.ClH/c1-13-4-2-5-15(12-13)21-14-6-8-16(9-7-14)22(19,20)18-11-3-10-17;/h2,4-9,12,18H,3,10-11,17H2,1H3;1H. The highest BCUT2D eigenvalue weighted by Gasteiger charge is 2.13. The summed E-state index contributed by atoms with van der Waals surface area (Å²) >= 11 is 0. The lowest BCUT2D eigenvalue weighted by molar-refractivity contribution is 0.481. The molecule has 0 aliphatic rings. The quantitative estimate of drug-likeness (QED) is 0.747. The van der Waals surface area contributed by atoms with Crippen molar-refractivity contribution in [1.29, 1.82) is 0 Å². The number of rotatable bonds is 7. The fourth-order valence-corrected chi connectivity index (χ4v) is 2.97. The predicted octanol–water partition coefficient (Wildman–Crippen LogP) is 2.84. The van der Waals surface area contributed by atoms with Crippen LogP contribution in [0.3, 0.4) is 0 Å². The van der Waals surface area contributed by atoms with Gasteiger partial charge >= 0.3 is 0 Å². The highest BCUT2D eigenvalue weighted by atomic mass is 35.5. The highest BCUT2D eigenvalue weighted by Crippen LogP contribution is 2.23. The van der Waals surface area contributed by atoms with E-state index in [1.54, 1.807) is 12.1 Å². The number of benzene rings is 2. The zero-order chi connectivity index (χ0) is 16.0. The Balaban J connectivity index is 0.00000264. The third-order valence-corrected chi connectivity index (χ3v) is 4.51. The Kier molecular flexibility index (Phi) is 7.51. The molecule has 0 heterocycles. The maximum atomic E-state index is 12.0. The molecule has 23 heavy (non-hydrogen) atoms. The van der Waals surface area contributed by atoms with E-state index < -0.39 is 10.0 Å². The number of ether oxygens (including phenoxy) is 1. The molecule has 0 amide bonds. The van der Waals surface area contributed by atoms with Gasteiger partial charge in [0.2, 0.25) is 10.0 Å². The number of nitrogens with two attached hydrogens (primary N) is 1. The molecule has 0 bridgehead atoms. The number of hydrogen-bond donors (Lipinski definition) is 2. The van der Waals surface area contributed by atoms with E-state index in [2.05, 4.69) is 4.72 Å². The monoisotopic (exact) mass is 356 g/mol. The van der Waals surface area contributed by atoms with Crippen LogP contribution in [0.4, 0.5) is 0 Å². The molecule has 0 aliphatic heterocycles. The number of halogens is 1. The van der Waals surface area contributed by atoms with Gasteiger partial charge in [-0.05, 0) is 61.9 Å². The summed E-state index contributed by atoms with van der Waals surface area (Å²) in [6.07, 6.45) is 0.605. The molecule has 0 unspecified atom stereocenters. The van der Waals surface area contributed by atoms with E-state index in [0.717, 1.165) is 11.3 Å². The summed E-state index contributed by atoms with van der Waals surface area (Å²) in [6, 6.07) is 14.0. The number of hydrogen-bond acceptors (Lipinski definition) is 4. The van der Waals surface area contributed by atoms with Crippen molar-refractivity contribution in [1.82, 2.24) is 4.72 Å². The fourth-order valence-electron chi connectivity index (χ4n) is 1.89. The van der Waals surface area contributed by atoms with Gasteiger partial charge in [-0.15, -0.1) is 12.4 Å². The molecule has 0 aliphatic carbocycles. The van der Waals surface area contributed by atoms with Gasteiger partial charge in [0, 0.05) is 6.54 Å². The maximum Gasteiger partial charge on any atom is 0.240 e. The van der Waals surface area contributed by atoms with Crippen LogP contribution in [0.2, 0.25) is 0 Å². The van der Waals surface area contributed by atoms with E-state index >= 15 is 0 Å². The van der Waals surface area contributed by atoms with E-state index in [-0.39, 0.29) is 17.3 Å². The third-order valence-electron chi connectivity index (χ3n) is 3.03. The summed E-state index contributed by atoms with van der Waals surface area (Å²) in [4.78, 5) is 0.209. The summed E-state index contributed by atoms with van der Waals surface area (Å²) in [5.41, 5.74) is 6.45. The average molecular weight is 357 g/mol. The molecule has 0 fully saturated rings. The van der Waals surface area contributed by atoms with Gasteiger partial charge in [0.05, 0.1) is 4.90 Å². The van der Waals surface area contributed by atoms with Gasteiger partial charge < -0.3 is 10.5 Å². The predicted molar refractivity (Wildman–Crippen MR) is 93.8 cm³/mol. The van der Waals surface area contributed by atoms with Crippen molar-refractivity contribution in [3.8, 4) is 11.5 Å². The normalized spacial score (nSPS) is 10.9. The topological polar surface area (TPSA) is 81.4 Å². The van der Waals surface area contributed by atoms with E-state index in [1.165, 1.54) is 12.1 Å². The minimum atomic E-state index is -3.49. The fraction of sp³-hybridized carbons (Fsp3) is 0.250. The summed E-state index contributed by atoms with van der Waals surface area (Å²) in [6.45, 7) is 2.77. The van der Waals surface area contributed by atoms with Crippen molar-refractivity contribution in [3.63, 3.8) is 0 Å². The van der Waals surface area contributed by atoms with Crippen molar-refractivity contribution in [2.24, 2.45) is 5.73 Å². The van der Waals surface area contributed by atoms with Crippen LogP contribution in [0.1, 0.15) is 12.0 Å². The Bertz CT molecular complexity index is 718. The van der Waals surface area contributed by atoms with Gasteiger partial charge in [0.25, 0.3) is 0 Å². The largest absolute Gasteiger partial charge is 0.457 e. The van der Waals surface area contributed by atoms with Gasteiger partial charge in [0.1, 0.15) is 11.5 Å². The van der Waals surface area contributed by atoms with Crippen LogP contribution >= 0.6 is 12.4 Å². The molecule has 2 rings (SSSR count). The number of nitrogens with one attached hydrogen (secondary N) is 1. The molecule has 0 atom stereocenters. The second-order valence-electron chi connectivity index (χ2n) is 4.93. The van der Waals surface area contributed by atoms with Crippen LogP contribution in [0.15, 0.2) is 53.4 Å². The molecular weight excluding hydrogens is 336 g/mol. The molecule has 0 radical (unpaired) electrons. The highest BCUT2D eigenvalue weighted by molar-refractivity contribution is 7.89. The van der Waals surface area contributed by atoms with Crippen molar-refractivity contribution in [2.75, 3.05) is 13.1 Å². The van der Waals surface area contributed by atoms with Crippen molar-refractivity contribution in [3.05, 3.63) is 54.1 Å². The van der Waals surface area contributed by atoms with Crippen LogP contribution in [0.25, 0.3) is 0 Å². The molecular formula is C16H21ClN2O3S. The van der Waals surface area contributed by atoms with Crippen LogP contribution in [-0.4, -0.2) is 21.5 Å². The van der Waals surface area contributed by atoms with Gasteiger partial charge in [-0.25, -0.2) is 13.1 Å². The first-order valence-electron chi connectivity index (χ1n) is 7.05. The summed E-state index contributed by atoms with van der Waals surface area (Å²) in [7, 11) is -3.49. The molecule has 7 heteroatoms. The molecule has 5 nitrogen and oxygen atoms in total. The Morgan fingerprint density at radius 2 is 1.78 bits per heavy atom. The van der Waals surface area contributed by atoms with Gasteiger partial charge in [-0.1, -0.05) is 12.1 Å². The Morgan fingerprint density at radius 1 is 1.09 bits per heavy atom. The van der Waals surface area contributed by atoms with Gasteiger partial charge in [0.15, 0.2) is 0 Å². The Morgan fingerprint density at radius 3 is 2.39 bits per heavy atom. The minimum Gasteiger partial charge on any atom is -0.457 e. The average Bonchev–Trinajstić information content (AvgIpc) is 2.48. The number of aryl methyl sites for hydroxylation is 1. The van der Waals surface area contributed by atoms with Crippen LogP contribution in [0.5, 0.6) is 11.5 Å². The summed E-state index contributed by atoms with van der Waals surface area (Å²) in [5.74, 6) is 1.31. The molecule has 2 aromatic carbocycles. The zero-order valence-corrected chi connectivity index (χ0v) is 14.5. The van der Waals surface area contributed by atoms with Crippen molar-refractivity contribution >= 4 is 22.4 Å². The Labute approximate surface area is 143 Å². The molecule has 0 saturated carbocycles. The minimum absolute atomic E-state index is 0. The number of sulfonamides is 1. The molecule has 0 aromatic heterocycles. The second-order valence-corrected chi connectivity index (χ2v) is 6.70. The maximum absolute atomic E-state index is 12.0. The van der Waals surface area contributed by atoms with Crippen molar-refractivity contribution in [2.45, 2.75) is 18.2 Å². The lowest BCUT2D eigenvalue weighted by Crippen LogP contribution is -2.26. The molecule has 2 aromatic rings.